The Kier molecular flexibility index (Phi) is 5.94. The molecule has 0 bridgehead atoms. The molecule has 34 heavy (non-hydrogen) atoms. The van der Waals surface area contributed by atoms with Crippen LogP contribution in [0.3, 0.4) is 0 Å². The highest BCUT2D eigenvalue weighted by atomic mass is 35.5. The van der Waals surface area contributed by atoms with E-state index in [9.17, 15) is 20.0 Å². The standard InChI is InChI=1S/C26H21ClN2O5/c1-13-9-21-18(10-20(13)27)15(3)24(34-21)23(30)22-14(2)19(11-28)25(31)29(26(22)32)12-16-5-7-17(33-4)8-6-16/h5-10,32H,12H2,1-4H3. The minimum atomic E-state index is -0.686. The topological polar surface area (TPSA) is 105 Å². The summed E-state index contributed by atoms with van der Waals surface area (Å²) in [5.74, 6) is -0.518. The lowest BCUT2D eigenvalue weighted by Crippen LogP contribution is -2.27. The number of halogens is 1. The lowest BCUT2D eigenvalue weighted by Gasteiger charge is -2.15. The number of ether oxygens (including phenoxy) is 1. The predicted molar refractivity (Wildman–Crippen MR) is 128 cm³/mol. The Bertz CT molecular complexity index is 1560. The van der Waals surface area contributed by atoms with Crippen molar-refractivity contribution in [3.63, 3.8) is 0 Å². The molecule has 0 amide bonds. The molecule has 0 saturated heterocycles. The third-order valence-corrected chi connectivity index (χ3v) is 6.36. The summed E-state index contributed by atoms with van der Waals surface area (Å²) in [4.78, 5) is 26.6. The molecule has 2 heterocycles. The number of aromatic nitrogens is 1. The molecule has 8 heteroatoms. The van der Waals surface area contributed by atoms with E-state index in [0.29, 0.717) is 32.9 Å². The normalized spacial score (nSPS) is 10.9. The van der Waals surface area contributed by atoms with Crippen molar-refractivity contribution in [1.29, 1.82) is 5.26 Å². The average Bonchev–Trinajstić information content (AvgIpc) is 3.13. The Morgan fingerprint density at radius 1 is 1.18 bits per heavy atom. The summed E-state index contributed by atoms with van der Waals surface area (Å²) in [7, 11) is 1.54. The summed E-state index contributed by atoms with van der Waals surface area (Å²) < 4.78 is 12.0. The van der Waals surface area contributed by atoms with Crippen LogP contribution in [0.2, 0.25) is 5.02 Å². The molecule has 2 aromatic carbocycles. The molecule has 0 aliphatic heterocycles. The molecule has 4 rings (SSSR count). The third kappa shape index (κ3) is 3.72. The van der Waals surface area contributed by atoms with Gasteiger partial charge < -0.3 is 14.3 Å². The van der Waals surface area contributed by atoms with E-state index in [2.05, 4.69) is 0 Å². The summed E-state index contributed by atoms with van der Waals surface area (Å²) in [5.41, 5.74) is 1.52. The van der Waals surface area contributed by atoms with E-state index in [1.165, 1.54) is 14.0 Å². The first-order chi connectivity index (χ1) is 16.2. The smallest absolute Gasteiger partial charge is 0.271 e. The summed E-state index contributed by atoms with van der Waals surface area (Å²) in [6.07, 6.45) is 0. The van der Waals surface area contributed by atoms with E-state index in [1.54, 1.807) is 43.3 Å². The number of aromatic hydroxyl groups is 1. The molecule has 1 N–H and O–H groups in total. The Morgan fingerprint density at radius 3 is 2.47 bits per heavy atom. The second-order valence-corrected chi connectivity index (χ2v) is 8.44. The number of nitrogens with zero attached hydrogens (tertiary/aromatic N) is 2. The molecule has 0 spiro atoms. The number of rotatable bonds is 5. The molecule has 0 aliphatic rings. The molecule has 0 unspecified atom stereocenters. The molecule has 4 aromatic rings. The monoisotopic (exact) mass is 476 g/mol. The fourth-order valence-electron chi connectivity index (χ4n) is 3.95. The van der Waals surface area contributed by atoms with Crippen LogP contribution < -0.4 is 10.3 Å². The summed E-state index contributed by atoms with van der Waals surface area (Å²) in [6.45, 7) is 4.96. The second-order valence-electron chi connectivity index (χ2n) is 8.03. The number of carbonyl (C=O) groups is 1. The van der Waals surface area contributed by atoms with Gasteiger partial charge in [-0.05, 0) is 61.7 Å². The highest BCUT2D eigenvalue weighted by Gasteiger charge is 2.29. The maximum absolute atomic E-state index is 13.6. The van der Waals surface area contributed by atoms with Gasteiger partial charge in [-0.3, -0.25) is 14.2 Å². The van der Waals surface area contributed by atoms with Crippen molar-refractivity contribution in [3.05, 3.63) is 90.9 Å². The van der Waals surface area contributed by atoms with Crippen molar-refractivity contribution in [1.82, 2.24) is 4.57 Å². The van der Waals surface area contributed by atoms with Crippen LogP contribution in [0.15, 0.2) is 45.6 Å². The SMILES string of the molecule is COc1ccc(Cn2c(O)c(C(=O)c3oc4cc(C)c(Cl)cc4c3C)c(C)c(C#N)c2=O)cc1. The molecule has 0 radical (unpaired) electrons. The second kappa shape index (κ2) is 8.73. The zero-order chi connectivity index (χ0) is 24.7. The van der Waals surface area contributed by atoms with Crippen molar-refractivity contribution in [2.24, 2.45) is 0 Å². The molecule has 7 nitrogen and oxygen atoms in total. The van der Waals surface area contributed by atoms with Gasteiger partial charge >= 0.3 is 0 Å². The molecule has 0 atom stereocenters. The van der Waals surface area contributed by atoms with Crippen LogP contribution in [0, 0.1) is 32.1 Å². The van der Waals surface area contributed by atoms with Gasteiger partial charge in [0.05, 0.1) is 19.2 Å². The van der Waals surface area contributed by atoms with Crippen LogP contribution in [-0.2, 0) is 6.54 Å². The van der Waals surface area contributed by atoms with Crippen molar-refractivity contribution >= 4 is 28.4 Å². The number of hydrogen-bond donors (Lipinski definition) is 1. The highest BCUT2D eigenvalue weighted by molar-refractivity contribution is 6.32. The fourth-order valence-corrected chi connectivity index (χ4v) is 4.12. The number of carbonyl (C=O) groups excluding carboxylic acids is 1. The van der Waals surface area contributed by atoms with E-state index in [1.807, 2.05) is 13.0 Å². The number of fused-ring (bicyclic) bond motifs is 1. The van der Waals surface area contributed by atoms with Gasteiger partial charge in [0.15, 0.2) is 5.76 Å². The molecule has 2 aromatic heterocycles. The minimum Gasteiger partial charge on any atom is -0.497 e. The van der Waals surface area contributed by atoms with Crippen molar-refractivity contribution < 1.29 is 19.1 Å². The first kappa shape index (κ1) is 23.1. The van der Waals surface area contributed by atoms with Crippen molar-refractivity contribution in [2.45, 2.75) is 27.3 Å². The van der Waals surface area contributed by atoms with E-state index in [-0.39, 0.29) is 29.0 Å². The molecule has 172 valence electrons. The third-order valence-electron chi connectivity index (χ3n) is 5.95. The van der Waals surface area contributed by atoms with Gasteiger partial charge in [0, 0.05) is 16.0 Å². The van der Waals surface area contributed by atoms with E-state index >= 15 is 0 Å². The van der Waals surface area contributed by atoms with Crippen LogP contribution in [0.5, 0.6) is 11.6 Å². The first-order valence-electron chi connectivity index (χ1n) is 10.4. The zero-order valence-electron chi connectivity index (χ0n) is 19.0. The van der Waals surface area contributed by atoms with E-state index < -0.39 is 17.2 Å². The fraction of sp³-hybridized carbons (Fsp3) is 0.192. The van der Waals surface area contributed by atoms with Crippen LogP contribution in [0.25, 0.3) is 11.0 Å². The number of nitriles is 1. The van der Waals surface area contributed by atoms with Crippen molar-refractivity contribution in [2.75, 3.05) is 7.11 Å². The van der Waals surface area contributed by atoms with Gasteiger partial charge in [0.1, 0.15) is 23.0 Å². The zero-order valence-corrected chi connectivity index (χ0v) is 19.8. The van der Waals surface area contributed by atoms with Gasteiger partial charge in [0.25, 0.3) is 5.56 Å². The Labute approximate surface area is 200 Å². The molecular weight excluding hydrogens is 456 g/mol. The molecule has 0 fully saturated rings. The summed E-state index contributed by atoms with van der Waals surface area (Å²) in [5, 5.41) is 21.9. The maximum Gasteiger partial charge on any atom is 0.271 e. The number of aryl methyl sites for hydroxylation is 2. The number of ketones is 1. The Hall–Kier alpha value is -4.02. The van der Waals surface area contributed by atoms with Crippen LogP contribution in [-0.4, -0.2) is 22.6 Å². The van der Waals surface area contributed by atoms with Gasteiger partial charge in [-0.1, -0.05) is 23.7 Å². The average molecular weight is 477 g/mol. The number of furan rings is 1. The largest absolute Gasteiger partial charge is 0.497 e. The van der Waals surface area contributed by atoms with E-state index in [4.69, 9.17) is 20.8 Å². The Balaban J connectivity index is 1.89. The molecular formula is C26H21ClN2O5. The molecule has 0 saturated carbocycles. The number of hydrogen-bond acceptors (Lipinski definition) is 6. The van der Waals surface area contributed by atoms with Gasteiger partial charge in [-0.2, -0.15) is 5.26 Å². The number of pyridine rings is 1. The first-order valence-corrected chi connectivity index (χ1v) is 10.8. The quantitative estimate of drug-likeness (QED) is 0.404. The van der Waals surface area contributed by atoms with Gasteiger partial charge in [-0.25, -0.2) is 0 Å². The lowest BCUT2D eigenvalue weighted by atomic mass is 9.98. The summed E-state index contributed by atoms with van der Waals surface area (Å²) >= 11 is 6.24. The van der Waals surface area contributed by atoms with Crippen molar-refractivity contribution in [3.8, 4) is 17.7 Å². The summed E-state index contributed by atoms with van der Waals surface area (Å²) in [6, 6.07) is 12.2. The van der Waals surface area contributed by atoms with Crippen LogP contribution >= 0.6 is 11.6 Å². The highest BCUT2D eigenvalue weighted by Crippen LogP contribution is 2.33. The number of methoxy groups -OCH3 is 1. The van der Waals surface area contributed by atoms with Crippen LogP contribution in [0.1, 0.15) is 43.9 Å². The number of benzene rings is 2. The maximum atomic E-state index is 13.6. The van der Waals surface area contributed by atoms with Gasteiger partial charge in [0.2, 0.25) is 11.7 Å². The minimum absolute atomic E-state index is 0.00797. The van der Waals surface area contributed by atoms with Gasteiger partial charge in [-0.15, -0.1) is 0 Å². The molecule has 0 aliphatic carbocycles. The Morgan fingerprint density at radius 2 is 1.85 bits per heavy atom. The lowest BCUT2D eigenvalue weighted by molar-refractivity contribution is 0.101. The predicted octanol–water partition coefficient (Wildman–Crippen LogP) is 5.04. The van der Waals surface area contributed by atoms with E-state index in [0.717, 1.165) is 10.1 Å². The van der Waals surface area contributed by atoms with Crippen LogP contribution in [0.4, 0.5) is 0 Å².